The minimum atomic E-state index is -4.63. The van der Waals surface area contributed by atoms with Crippen molar-refractivity contribution in [3.05, 3.63) is 23.9 Å². The van der Waals surface area contributed by atoms with Gasteiger partial charge in [0.2, 0.25) is 11.8 Å². The van der Waals surface area contributed by atoms with Crippen LogP contribution >= 0.6 is 0 Å². The average molecular weight is 536 g/mol. The lowest BCUT2D eigenvalue weighted by atomic mass is 9.93. The summed E-state index contributed by atoms with van der Waals surface area (Å²) in [7, 11) is 0. The van der Waals surface area contributed by atoms with Crippen LogP contribution in [-0.4, -0.2) is 96.3 Å². The normalized spacial score (nSPS) is 30.8. The van der Waals surface area contributed by atoms with Crippen molar-refractivity contribution >= 4 is 17.6 Å². The minimum absolute atomic E-state index is 0.0108. The van der Waals surface area contributed by atoms with E-state index in [9.17, 15) is 22.8 Å². The molecule has 0 radical (unpaired) electrons. The largest absolute Gasteiger partial charge is 0.402 e. The molecule has 4 aliphatic rings. The standard InChI is InChI=1S/C25H32F3N7O3/c26-25(27,28)23-19(15-31-32-24(23)37)35-7-1-2-18(35)20-5-4-17(38-20)12-22(36)34-10-8-33(9-11-34)21-6-3-16(13-29)14-30-21/h3,6,14,17-20,23,31H,1-2,4-5,7-12,15H2,(H,32,37)/t17-,18+,19?,20-,23?/m1/s1. The molecule has 10 nitrogen and oxygen atoms in total. The molecule has 38 heavy (non-hydrogen) atoms. The number of carbonyl (C=O) groups excluding carboxylic acids is 2. The number of piperazine rings is 1. The highest BCUT2D eigenvalue weighted by Gasteiger charge is 2.55. The number of nitrogens with zero attached hydrogens (tertiary/aromatic N) is 5. The molecule has 2 N–H and O–H groups in total. The number of anilines is 1. The molecule has 4 aliphatic heterocycles. The number of carbonyl (C=O) groups is 2. The number of ether oxygens (including phenoxy) is 1. The molecule has 1 aromatic heterocycles. The maximum absolute atomic E-state index is 13.7. The van der Waals surface area contributed by atoms with E-state index in [0.717, 1.165) is 12.2 Å². The first-order chi connectivity index (χ1) is 18.2. The van der Waals surface area contributed by atoms with E-state index in [1.165, 1.54) is 6.20 Å². The van der Waals surface area contributed by atoms with E-state index in [-0.39, 0.29) is 37.1 Å². The van der Waals surface area contributed by atoms with Gasteiger partial charge in [0.05, 0.1) is 24.2 Å². The van der Waals surface area contributed by atoms with Crippen LogP contribution in [0.15, 0.2) is 18.3 Å². The highest BCUT2D eigenvalue weighted by molar-refractivity contribution is 5.80. The topological polar surface area (TPSA) is 114 Å². The van der Waals surface area contributed by atoms with Crippen LogP contribution in [0.1, 0.15) is 37.7 Å². The van der Waals surface area contributed by atoms with Crippen molar-refractivity contribution < 1.29 is 27.5 Å². The average Bonchev–Trinajstić information content (AvgIpc) is 3.57. The summed E-state index contributed by atoms with van der Waals surface area (Å²) >= 11 is 0. The van der Waals surface area contributed by atoms with E-state index in [1.54, 1.807) is 11.0 Å². The van der Waals surface area contributed by atoms with Gasteiger partial charge in [-0.3, -0.25) is 19.9 Å². The van der Waals surface area contributed by atoms with Crippen molar-refractivity contribution in [1.29, 1.82) is 5.26 Å². The van der Waals surface area contributed by atoms with Gasteiger partial charge in [-0.25, -0.2) is 10.4 Å². The number of alkyl halides is 3. The van der Waals surface area contributed by atoms with Crippen LogP contribution in [0.25, 0.3) is 0 Å². The number of nitriles is 1. The van der Waals surface area contributed by atoms with Crippen LogP contribution in [0.3, 0.4) is 0 Å². The van der Waals surface area contributed by atoms with E-state index in [2.05, 4.69) is 26.8 Å². The number of nitrogens with one attached hydrogen (secondary N) is 2. The summed E-state index contributed by atoms with van der Waals surface area (Å²) in [5.74, 6) is -2.35. The summed E-state index contributed by atoms with van der Waals surface area (Å²) in [5.41, 5.74) is 5.24. The Hall–Kier alpha value is -2.95. The van der Waals surface area contributed by atoms with Crippen molar-refractivity contribution in [1.82, 2.24) is 25.6 Å². The molecule has 0 aliphatic carbocycles. The molecule has 0 aromatic carbocycles. The molecule has 1 aromatic rings. The lowest BCUT2D eigenvalue weighted by molar-refractivity contribution is -0.202. The van der Waals surface area contributed by atoms with Crippen LogP contribution in [-0.2, 0) is 14.3 Å². The highest BCUT2D eigenvalue weighted by atomic mass is 19.4. The van der Waals surface area contributed by atoms with Crippen molar-refractivity contribution in [3.63, 3.8) is 0 Å². The number of aromatic nitrogens is 1. The Bertz CT molecular complexity index is 1060. The van der Waals surface area contributed by atoms with Gasteiger partial charge in [-0.1, -0.05) is 0 Å². The summed E-state index contributed by atoms with van der Waals surface area (Å²) in [4.78, 5) is 35.1. The van der Waals surface area contributed by atoms with Gasteiger partial charge in [0.15, 0.2) is 5.92 Å². The van der Waals surface area contributed by atoms with E-state index >= 15 is 0 Å². The minimum Gasteiger partial charge on any atom is -0.373 e. The maximum Gasteiger partial charge on any atom is 0.402 e. The summed E-state index contributed by atoms with van der Waals surface area (Å²) in [6, 6.07) is 4.39. The fourth-order valence-electron chi connectivity index (χ4n) is 6.23. The third-order valence-corrected chi connectivity index (χ3v) is 8.12. The second kappa shape index (κ2) is 11.0. The Kier molecular flexibility index (Phi) is 7.74. The predicted octanol–water partition coefficient (Wildman–Crippen LogP) is 1.19. The fraction of sp³-hybridized carbons (Fsp3) is 0.680. The monoisotopic (exact) mass is 535 g/mol. The van der Waals surface area contributed by atoms with Gasteiger partial charge >= 0.3 is 6.18 Å². The van der Waals surface area contributed by atoms with Gasteiger partial charge in [0, 0.05) is 51.0 Å². The zero-order valence-corrected chi connectivity index (χ0v) is 21.0. The fourth-order valence-corrected chi connectivity index (χ4v) is 6.23. The van der Waals surface area contributed by atoms with Gasteiger partial charge in [0.1, 0.15) is 11.9 Å². The quantitative estimate of drug-likeness (QED) is 0.578. The van der Waals surface area contributed by atoms with Gasteiger partial charge in [-0.15, -0.1) is 0 Å². The SMILES string of the molecule is N#Cc1ccc(N2CCN(C(=O)C[C@H]3CC[C@H]([C@@H]4CCCN4C4CNNC(=O)C4C(F)(F)F)O3)CC2)nc1. The molecule has 0 bridgehead atoms. The Morgan fingerprint density at radius 2 is 1.92 bits per heavy atom. The van der Waals surface area contributed by atoms with Gasteiger partial charge in [-0.2, -0.15) is 18.4 Å². The molecule has 4 saturated heterocycles. The summed E-state index contributed by atoms with van der Waals surface area (Å²) < 4.78 is 47.4. The molecule has 0 saturated carbocycles. The Balaban J connectivity index is 1.13. The number of hydrogen-bond donors (Lipinski definition) is 2. The predicted molar refractivity (Wildman–Crippen MR) is 129 cm³/mol. The van der Waals surface area contributed by atoms with Gasteiger partial charge in [0.25, 0.3) is 0 Å². The first kappa shape index (κ1) is 26.6. The number of amides is 2. The first-order valence-electron chi connectivity index (χ1n) is 13.1. The Morgan fingerprint density at radius 3 is 2.61 bits per heavy atom. The molecule has 2 amide bonds. The number of likely N-dealkylation sites (tertiary alicyclic amines) is 1. The highest BCUT2D eigenvalue weighted by Crippen LogP contribution is 2.38. The van der Waals surface area contributed by atoms with E-state index in [1.807, 2.05) is 11.0 Å². The second-order valence-corrected chi connectivity index (χ2v) is 10.4. The van der Waals surface area contributed by atoms with Gasteiger partial charge in [-0.05, 0) is 44.4 Å². The molecule has 13 heteroatoms. The summed E-state index contributed by atoms with van der Waals surface area (Å²) in [6.45, 7) is 2.90. The zero-order valence-electron chi connectivity index (χ0n) is 21.0. The lowest BCUT2D eigenvalue weighted by Gasteiger charge is -2.42. The Labute approximate surface area is 219 Å². The number of rotatable bonds is 5. The van der Waals surface area contributed by atoms with Crippen molar-refractivity contribution in [2.45, 2.75) is 62.6 Å². The number of halogens is 3. The molecular weight excluding hydrogens is 503 g/mol. The first-order valence-corrected chi connectivity index (χ1v) is 13.1. The van der Waals surface area contributed by atoms with Gasteiger partial charge < -0.3 is 14.5 Å². The maximum atomic E-state index is 13.7. The van der Waals surface area contributed by atoms with Crippen molar-refractivity contribution in [3.8, 4) is 6.07 Å². The number of hydrazine groups is 1. The number of hydrogen-bond acceptors (Lipinski definition) is 8. The number of pyridine rings is 1. The van der Waals surface area contributed by atoms with Crippen molar-refractivity contribution in [2.75, 3.05) is 44.2 Å². The van der Waals surface area contributed by atoms with E-state index < -0.39 is 24.0 Å². The molecular formula is C25H32F3N7O3. The third-order valence-electron chi connectivity index (χ3n) is 8.12. The zero-order chi connectivity index (χ0) is 26.9. The summed E-state index contributed by atoms with van der Waals surface area (Å²) in [5, 5.41) is 8.93. The van der Waals surface area contributed by atoms with E-state index in [4.69, 9.17) is 10.00 Å². The van der Waals surface area contributed by atoms with E-state index in [0.29, 0.717) is 57.5 Å². The van der Waals surface area contributed by atoms with Crippen LogP contribution < -0.4 is 15.8 Å². The molecule has 2 unspecified atom stereocenters. The molecule has 206 valence electrons. The van der Waals surface area contributed by atoms with Crippen LogP contribution in [0, 0.1) is 17.2 Å². The van der Waals surface area contributed by atoms with Crippen LogP contribution in [0.2, 0.25) is 0 Å². The molecule has 5 rings (SSSR count). The molecule has 5 heterocycles. The van der Waals surface area contributed by atoms with Crippen molar-refractivity contribution in [2.24, 2.45) is 5.92 Å². The summed E-state index contributed by atoms with van der Waals surface area (Å²) in [6.07, 6.45) is -0.550. The smallest absolute Gasteiger partial charge is 0.373 e. The molecule has 0 spiro atoms. The lowest BCUT2D eigenvalue weighted by Crippen LogP contribution is -2.65. The van der Waals surface area contributed by atoms with Crippen LogP contribution in [0.5, 0.6) is 0 Å². The second-order valence-electron chi connectivity index (χ2n) is 10.4. The molecule has 4 fully saturated rings. The third kappa shape index (κ3) is 5.57. The molecule has 5 atom stereocenters. The van der Waals surface area contributed by atoms with Crippen LogP contribution in [0.4, 0.5) is 19.0 Å². The Morgan fingerprint density at radius 1 is 1.13 bits per heavy atom.